The quantitative estimate of drug-likeness (QED) is 0.343. The molecule has 1 aliphatic heterocycles. The number of aromatic nitrogens is 1. The van der Waals surface area contributed by atoms with Gasteiger partial charge < -0.3 is 10.1 Å². The fourth-order valence-electron chi connectivity index (χ4n) is 2.47. The Labute approximate surface area is 157 Å². The van der Waals surface area contributed by atoms with Crippen LogP contribution in [0.3, 0.4) is 0 Å². The van der Waals surface area contributed by atoms with E-state index in [9.17, 15) is 14.0 Å². The van der Waals surface area contributed by atoms with E-state index in [1.54, 1.807) is 32.9 Å². The van der Waals surface area contributed by atoms with Gasteiger partial charge in [0.15, 0.2) is 0 Å². The number of azide groups is 1. The largest absolute Gasteiger partial charge is 0.444 e. The molecule has 0 bridgehead atoms. The normalized spacial score (nSPS) is 22.5. The lowest BCUT2D eigenvalue weighted by molar-refractivity contribution is -0.120. The number of ether oxygens (including phenoxy) is 1. The molecule has 2 heterocycles. The third kappa shape index (κ3) is 4.83. The van der Waals surface area contributed by atoms with Gasteiger partial charge in [0.05, 0.1) is 12.6 Å². The van der Waals surface area contributed by atoms with Gasteiger partial charge in [0.2, 0.25) is 5.91 Å². The standard InChI is InChI=1S/C15H18BrFN6O3/c1-15(2,3)26-14(25)23-7-8(17)11(21-22-18)12(23)13(24)20-10-6-4-5-9(16)19-10/h4-6,8,11-12H,7H2,1-3H3,(H,19,20,24)/t8-,11+,12-/m0/s1. The van der Waals surface area contributed by atoms with Crippen LogP contribution in [0.5, 0.6) is 0 Å². The summed E-state index contributed by atoms with van der Waals surface area (Å²) in [6, 6.07) is 2.13. The number of anilines is 1. The predicted molar refractivity (Wildman–Crippen MR) is 95.1 cm³/mol. The molecule has 1 aromatic rings. The van der Waals surface area contributed by atoms with Crippen molar-refractivity contribution in [2.45, 2.75) is 44.6 Å². The van der Waals surface area contributed by atoms with Gasteiger partial charge in [-0.15, -0.1) is 0 Å². The molecule has 0 aromatic carbocycles. The molecule has 1 fully saturated rings. The van der Waals surface area contributed by atoms with Crippen molar-refractivity contribution < 1.29 is 18.7 Å². The number of halogens is 2. The second kappa shape index (κ2) is 7.88. The fourth-order valence-corrected chi connectivity index (χ4v) is 2.81. The maximum Gasteiger partial charge on any atom is 0.411 e. The average molecular weight is 429 g/mol. The first kappa shape index (κ1) is 19.9. The number of likely N-dealkylation sites (tertiary alicyclic amines) is 1. The van der Waals surface area contributed by atoms with Crippen molar-refractivity contribution in [2.75, 3.05) is 11.9 Å². The van der Waals surface area contributed by atoms with Crippen LogP contribution in [0.15, 0.2) is 27.9 Å². The van der Waals surface area contributed by atoms with E-state index in [0.29, 0.717) is 4.60 Å². The maximum atomic E-state index is 14.3. The lowest BCUT2D eigenvalue weighted by atomic mass is 10.1. The minimum Gasteiger partial charge on any atom is -0.444 e. The monoisotopic (exact) mass is 428 g/mol. The summed E-state index contributed by atoms with van der Waals surface area (Å²) in [4.78, 5) is 32.6. The van der Waals surface area contributed by atoms with Gasteiger partial charge in [-0.25, -0.2) is 14.2 Å². The highest BCUT2D eigenvalue weighted by Crippen LogP contribution is 2.27. The van der Waals surface area contributed by atoms with Gasteiger partial charge in [-0.2, -0.15) is 0 Å². The lowest BCUT2D eigenvalue weighted by Crippen LogP contribution is -2.48. The molecule has 1 aromatic heterocycles. The Hall–Kier alpha value is -2.39. The zero-order chi connectivity index (χ0) is 19.5. The highest BCUT2D eigenvalue weighted by molar-refractivity contribution is 9.10. The summed E-state index contributed by atoms with van der Waals surface area (Å²) in [5.41, 5.74) is 7.86. The summed E-state index contributed by atoms with van der Waals surface area (Å²) in [7, 11) is 0. The van der Waals surface area contributed by atoms with Gasteiger partial charge in [-0.05, 0) is 54.4 Å². The van der Waals surface area contributed by atoms with E-state index >= 15 is 0 Å². The molecule has 1 saturated heterocycles. The first-order chi connectivity index (χ1) is 12.1. The SMILES string of the molecule is CC(C)(C)OC(=O)N1C[C@H](F)[C@@H](N=[N+]=[N-])[C@H]1C(=O)Nc1cccc(Br)n1. The zero-order valence-corrected chi connectivity index (χ0v) is 16.0. The summed E-state index contributed by atoms with van der Waals surface area (Å²) in [5.74, 6) is -0.519. The van der Waals surface area contributed by atoms with Gasteiger partial charge in [0.1, 0.15) is 28.2 Å². The van der Waals surface area contributed by atoms with Crippen LogP contribution in [0, 0.1) is 0 Å². The number of carbonyl (C=O) groups excluding carboxylic acids is 2. The molecule has 2 amide bonds. The summed E-state index contributed by atoms with van der Waals surface area (Å²) >= 11 is 3.18. The fraction of sp³-hybridized carbons (Fsp3) is 0.533. The highest BCUT2D eigenvalue weighted by atomic mass is 79.9. The molecule has 9 nitrogen and oxygen atoms in total. The molecular weight excluding hydrogens is 411 g/mol. The molecule has 0 radical (unpaired) electrons. The number of rotatable bonds is 3. The molecule has 140 valence electrons. The summed E-state index contributed by atoms with van der Waals surface area (Å²) < 4.78 is 20.0. The predicted octanol–water partition coefficient (Wildman–Crippen LogP) is 3.42. The van der Waals surface area contributed by atoms with Crippen molar-refractivity contribution in [2.24, 2.45) is 5.11 Å². The topological polar surface area (TPSA) is 120 Å². The number of hydrogen-bond donors (Lipinski definition) is 1. The minimum absolute atomic E-state index is 0.204. The van der Waals surface area contributed by atoms with Gasteiger partial charge in [-0.3, -0.25) is 9.69 Å². The van der Waals surface area contributed by atoms with E-state index in [-0.39, 0.29) is 5.82 Å². The van der Waals surface area contributed by atoms with Crippen molar-refractivity contribution in [3.8, 4) is 0 Å². The Balaban J connectivity index is 2.28. The minimum atomic E-state index is -1.69. The Bertz CT molecular complexity index is 749. The number of alkyl halides is 1. The van der Waals surface area contributed by atoms with Crippen LogP contribution in [0.2, 0.25) is 0 Å². The van der Waals surface area contributed by atoms with Gasteiger partial charge >= 0.3 is 6.09 Å². The first-order valence-corrected chi connectivity index (χ1v) is 8.53. The van der Waals surface area contributed by atoms with E-state index in [4.69, 9.17) is 10.3 Å². The van der Waals surface area contributed by atoms with E-state index in [0.717, 1.165) is 4.90 Å². The molecule has 0 spiro atoms. The molecule has 2 rings (SSSR count). The second-order valence-electron chi connectivity index (χ2n) is 6.62. The number of nitrogens with one attached hydrogen (secondary N) is 1. The molecule has 1 N–H and O–H groups in total. The highest BCUT2D eigenvalue weighted by Gasteiger charge is 2.49. The van der Waals surface area contributed by atoms with E-state index in [1.807, 2.05) is 0 Å². The van der Waals surface area contributed by atoms with Crippen molar-refractivity contribution in [1.82, 2.24) is 9.88 Å². The van der Waals surface area contributed by atoms with Crippen molar-refractivity contribution in [3.05, 3.63) is 33.2 Å². The van der Waals surface area contributed by atoms with Gasteiger partial charge in [0, 0.05) is 4.91 Å². The Morgan fingerprint density at radius 3 is 2.77 bits per heavy atom. The molecule has 0 saturated carbocycles. The third-order valence-electron chi connectivity index (χ3n) is 3.45. The van der Waals surface area contributed by atoms with E-state index in [2.05, 4.69) is 36.3 Å². The third-order valence-corrected chi connectivity index (χ3v) is 3.89. The smallest absolute Gasteiger partial charge is 0.411 e. The Morgan fingerprint density at radius 1 is 1.50 bits per heavy atom. The number of hydrogen-bond acceptors (Lipinski definition) is 5. The average Bonchev–Trinajstić information content (AvgIpc) is 2.83. The van der Waals surface area contributed by atoms with Crippen LogP contribution in [0.25, 0.3) is 10.4 Å². The summed E-state index contributed by atoms with van der Waals surface area (Å²) in [6.07, 6.45) is -2.55. The molecule has 0 aliphatic carbocycles. The maximum absolute atomic E-state index is 14.3. The molecular formula is C15H18BrFN6O3. The van der Waals surface area contributed by atoms with Crippen molar-refractivity contribution in [1.29, 1.82) is 0 Å². The second-order valence-corrected chi connectivity index (χ2v) is 7.44. The number of nitrogens with zero attached hydrogens (tertiary/aromatic N) is 5. The van der Waals surface area contributed by atoms with E-state index < -0.39 is 42.4 Å². The molecule has 26 heavy (non-hydrogen) atoms. The first-order valence-electron chi connectivity index (χ1n) is 7.73. The number of carbonyl (C=O) groups is 2. The van der Waals surface area contributed by atoms with Gasteiger partial charge in [-0.1, -0.05) is 11.2 Å². The van der Waals surface area contributed by atoms with Crippen LogP contribution < -0.4 is 5.32 Å². The lowest BCUT2D eigenvalue weighted by Gasteiger charge is -2.28. The summed E-state index contributed by atoms with van der Waals surface area (Å²) in [6.45, 7) is 4.54. The van der Waals surface area contributed by atoms with Crippen LogP contribution in [0.1, 0.15) is 20.8 Å². The number of pyridine rings is 1. The molecule has 11 heteroatoms. The van der Waals surface area contributed by atoms with Gasteiger partial charge in [0.25, 0.3) is 0 Å². The molecule has 1 aliphatic rings. The number of amides is 2. The van der Waals surface area contributed by atoms with E-state index in [1.165, 1.54) is 6.07 Å². The Morgan fingerprint density at radius 2 is 2.19 bits per heavy atom. The van der Waals surface area contributed by atoms with Crippen LogP contribution >= 0.6 is 15.9 Å². The molecule has 3 atom stereocenters. The molecule has 0 unspecified atom stereocenters. The van der Waals surface area contributed by atoms with Crippen LogP contribution in [-0.4, -0.2) is 52.3 Å². The zero-order valence-electron chi connectivity index (χ0n) is 14.4. The summed E-state index contributed by atoms with van der Waals surface area (Å²) in [5, 5.41) is 5.86. The van der Waals surface area contributed by atoms with Crippen LogP contribution in [0.4, 0.5) is 15.0 Å². The Kier molecular flexibility index (Phi) is 6.04. The van der Waals surface area contributed by atoms with Crippen molar-refractivity contribution in [3.63, 3.8) is 0 Å². The van der Waals surface area contributed by atoms with Crippen LogP contribution in [-0.2, 0) is 9.53 Å². The van der Waals surface area contributed by atoms with Crippen molar-refractivity contribution >= 4 is 33.7 Å².